The molecule has 0 spiro atoms. The molecular weight excluding hydrogens is 224 g/mol. The molecule has 1 heterocycles. The number of para-hydroxylation sites is 1. The summed E-state index contributed by atoms with van der Waals surface area (Å²) in [5.74, 6) is 0.323. The van der Waals surface area contributed by atoms with Crippen LogP contribution in [0.25, 0.3) is 0 Å². The highest BCUT2D eigenvalue weighted by Crippen LogP contribution is 2.25. The molecule has 0 radical (unpaired) electrons. The van der Waals surface area contributed by atoms with E-state index in [0.717, 1.165) is 25.2 Å². The maximum Gasteiger partial charge on any atom is 0.229 e. The van der Waals surface area contributed by atoms with Crippen LogP contribution in [0.4, 0.5) is 5.69 Å². The number of hydrogen-bond donors (Lipinski definition) is 1. The van der Waals surface area contributed by atoms with Crippen molar-refractivity contribution in [2.45, 2.75) is 39.8 Å². The van der Waals surface area contributed by atoms with Gasteiger partial charge < -0.3 is 10.2 Å². The van der Waals surface area contributed by atoms with Gasteiger partial charge in [-0.1, -0.05) is 32.0 Å². The van der Waals surface area contributed by atoms with Gasteiger partial charge in [-0.15, -0.1) is 0 Å². The molecule has 0 saturated carbocycles. The molecule has 0 bridgehead atoms. The van der Waals surface area contributed by atoms with Crippen LogP contribution in [0.5, 0.6) is 0 Å². The number of rotatable bonds is 2. The molecule has 2 atom stereocenters. The van der Waals surface area contributed by atoms with Crippen LogP contribution in [0.3, 0.4) is 0 Å². The first-order valence-corrected chi connectivity index (χ1v) is 6.76. The van der Waals surface area contributed by atoms with E-state index in [-0.39, 0.29) is 11.8 Å². The first-order chi connectivity index (χ1) is 8.63. The molecule has 0 fully saturated rings. The average Bonchev–Trinajstić information content (AvgIpc) is 2.57. The lowest BCUT2D eigenvalue weighted by molar-refractivity contribution is -0.122. The van der Waals surface area contributed by atoms with E-state index in [2.05, 4.69) is 31.3 Å². The number of fused-ring (bicyclic) bond motifs is 1. The summed E-state index contributed by atoms with van der Waals surface area (Å²) in [5.41, 5.74) is 2.28. The fourth-order valence-electron chi connectivity index (χ4n) is 2.29. The molecule has 1 N–H and O–H groups in total. The molecule has 98 valence electrons. The third-order valence-electron chi connectivity index (χ3n) is 3.68. The highest BCUT2D eigenvalue weighted by Gasteiger charge is 2.26. The molecule has 2 unspecified atom stereocenters. The van der Waals surface area contributed by atoms with Crippen molar-refractivity contribution in [1.29, 1.82) is 0 Å². The predicted molar refractivity (Wildman–Crippen MR) is 74.6 cm³/mol. The van der Waals surface area contributed by atoms with Crippen molar-refractivity contribution in [1.82, 2.24) is 5.32 Å². The summed E-state index contributed by atoms with van der Waals surface area (Å²) in [4.78, 5) is 14.4. The Kier molecular flexibility index (Phi) is 4.02. The lowest BCUT2D eigenvalue weighted by atomic mass is 10.1. The second kappa shape index (κ2) is 5.53. The maximum atomic E-state index is 12.5. The Labute approximate surface area is 109 Å². The van der Waals surface area contributed by atoms with E-state index >= 15 is 0 Å². The molecule has 3 nitrogen and oxygen atoms in total. The van der Waals surface area contributed by atoms with Gasteiger partial charge in [0.25, 0.3) is 0 Å². The van der Waals surface area contributed by atoms with Crippen LogP contribution >= 0.6 is 0 Å². The third-order valence-corrected chi connectivity index (χ3v) is 3.68. The van der Waals surface area contributed by atoms with Crippen molar-refractivity contribution in [2.24, 2.45) is 5.92 Å². The molecule has 1 aromatic rings. The van der Waals surface area contributed by atoms with E-state index in [9.17, 15) is 4.79 Å². The molecule has 0 aromatic heterocycles. The quantitative estimate of drug-likeness (QED) is 0.869. The lowest BCUT2D eigenvalue weighted by Crippen LogP contribution is -2.42. The summed E-state index contributed by atoms with van der Waals surface area (Å²) in [6.45, 7) is 7.78. The normalized spacial score (nSPS) is 21.1. The standard InChI is InChI=1S/C15H22N2O/c1-4-11(2)15(18)17-10-12(3)16-9-13-7-5-6-8-14(13)17/h5-8,11-12,16H,4,9-10H2,1-3H3. The Morgan fingerprint density at radius 2 is 2.22 bits per heavy atom. The molecule has 3 heteroatoms. The Hall–Kier alpha value is -1.35. The smallest absolute Gasteiger partial charge is 0.229 e. The molecule has 1 aromatic carbocycles. The van der Waals surface area contributed by atoms with Gasteiger partial charge in [0.1, 0.15) is 0 Å². The third kappa shape index (κ3) is 2.56. The molecule has 0 aliphatic carbocycles. The first-order valence-electron chi connectivity index (χ1n) is 6.76. The van der Waals surface area contributed by atoms with Crippen LogP contribution in [-0.2, 0) is 11.3 Å². The fraction of sp³-hybridized carbons (Fsp3) is 0.533. The van der Waals surface area contributed by atoms with E-state index in [1.54, 1.807) is 0 Å². The van der Waals surface area contributed by atoms with Crippen LogP contribution in [0.1, 0.15) is 32.8 Å². The first kappa shape index (κ1) is 13.1. The zero-order valence-electron chi connectivity index (χ0n) is 11.4. The Morgan fingerprint density at radius 3 is 2.94 bits per heavy atom. The van der Waals surface area contributed by atoms with Crippen LogP contribution < -0.4 is 10.2 Å². The van der Waals surface area contributed by atoms with E-state index in [4.69, 9.17) is 0 Å². The summed E-state index contributed by atoms with van der Waals surface area (Å²) in [7, 11) is 0. The largest absolute Gasteiger partial charge is 0.310 e. The number of hydrogen-bond acceptors (Lipinski definition) is 2. The lowest BCUT2D eigenvalue weighted by Gasteiger charge is -2.27. The van der Waals surface area contributed by atoms with Crippen molar-refractivity contribution in [3.8, 4) is 0 Å². The number of nitrogens with zero attached hydrogens (tertiary/aromatic N) is 1. The van der Waals surface area contributed by atoms with Gasteiger partial charge in [-0.3, -0.25) is 4.79 Å². The van der Waals surface area contributed by atoms with Crippen molar-refractivity contribution in [3.63, 3.8) is 0 Å². The number of anilines is 1. The Bertz CT molecular complexity index is 430. The number of nitrogens with one attached hydrogen (secondary N) is 1. The Balaban J connectivity index is 2.35. The van der Waals surface area contributed by atoms with Crippen molar-refractivity contribution in [2.75, 3.05) is 11.4 Å². The average molecular weight is 246 g/mol. The molecule has 1 aliphatic rings. The summed E-state index contributed by atoms with van der Waals surface area (Å²) < 4.78 is 0. The second-order valence-electron chi connectivity index (χ2n) is 5.17. The minimum atomic E-state index is 0.0864. The molecular formula is C15H22N2O. The van der Waals surface area contributed by atoms with Gasteiger partial charge in [0, 0.05) is 30.7 Å². The van der Waals surface area contributed by atoms with Crippen LogP contribution in [0, 0.1) is 5.92 Å². The molecule has 1 amide bonds. The van der Waals surface area contributed by atoms with Gasteiger partial charge >= 0.3 is 0 Å². The summed E-state index contributed by atoms with van der Waals surface area (Å²) in [6, 6.07) is 8.51. The van der Waals surface area contributed by atoms with E-state index < -0.39 is 0 Å². The molecule has 18 heavy (non-hydrogen) atoms. The van der Waals surface area contributed by atoms with Gasteiger partial charge in [0.2, 0.25) is 5.91 Å². The van der Waals surface area contributed by atoms with Gasteiger partial charge in [-0.2, -0.15) is 0 Å². The monoisotopic (exact) mass is 246 g/mol. The fourth-order valence-corrected chi connectivity index (χ4v) is 2.29. The zero-order chi connectivity index (χ0) is 13.1. The van der Waals surface area contributed by atoms with Crippen molar-refractivity contribution in [3.05, 3.63) is 29.8 Å². The number of carbonyl (C=O) groups excluding carboxylic acids is 1. The highest BCUT2D eigenvalue weighted by molar-refractivity contribution is 5.95. The van der Waals surface area contributed by atoms with Gasteiger partial charge in [0.15, 0.2) is 0 Å². The zero-order valence-corrected chi connectivity index (χ0v) is 11.4. The summed E-state index contributed by atoms with van der Waals surface area (Å²) >= 11 is 0. The predicted octanol–water partition coefficient (Wildman–Crippen LogP) is 2.56. The van der Waals surface area contributed by atoms with Crippen molar-refractivity contribution < 1.29 is 4.79 Å². The van der Waals surface area contributed by atoms with Crippen molar-refractivity contribution >= 4 is 11.6 Å². The van der Waals surface area contributed by atoms with Crippen LogP contribution in [-0.4, -0.2) is 18.5 Å². The number of benzene rings is 1. The van der Waals surface area contributed by atoms with Crippen LogP contribution in [0.15, 0.2) is 24.3 Å². The minimum Gasteiger partial charge on any atom is -0.310 e. The number of amides is 1. The maximum absolute atomic E-state index is 12.5. The van der Waals surface area contributed by atoms with Gasteiger partial charge in [0.05, 0.1) is 0 Å². The van der Waals surface area contributed by atoms with Crippen LogP contribution in [0.2, 0.25) is 0 Å². The highest BCUT2D eigenvalue weighted by atomic mass is 16.2. The Morgan fingerprint density at radius 1 is 1.50 bits per heavy atom. The number of carbonyl (C=O) groups is 1. The van der Waals surface area contributed by atoms with E-state index in [1.807, 2.05) is 24.0 Å². The topological polar surface area (TPSA) is 32.3 Å². The molecule has 0 saturated heterocycles. The minimum absolute atomic E-state index is 0.0864. The van der Waals surface area contributed by atoms with E-state index in [1.165, 1.54) is 5.56 Å². The SMILES string of the molecule is CCC(C)C(=O)N1CC(C)NCc2ccccc21. The summed E-state index contributed by atoms with van der Waals surface area (Å²) in [6.07, 6.45) is 0.888. The second-order valence-corrected chi connectivity index (χ2v) is 5.17. The molecule has 1 aliphatic heterocycles. The van der Waals surface area contributed by atoms with E-state index in [0.29, 0.717) is 6.04 Å². The summed E-state index contributed by atoms with van der Waals surface area (Å²) in [5, 5.41) is 3.45. The van der Waals surface area contributed by atoms with Gasteiger partial charge in [-0.25, -0.2) is 0 Å². The van der Waals surface area contributed by atoms with Gasteiger partial charge in [-0.05, 0) is 25.0 Å². The molecule has 2 rings (SSSR count).